The first-order valence-electron chi connectivity index (χ1n) is 8.41. The summed E-state index contributed by atoms with van der Waals surface area (Å²) in [7, 11) is 1.18. The van der Waals surface area contributed by atoms with Gasteiger partial charge in [0, 0.05) is 19.2 Å². The Kier molecular flexibility index (Phi) is 8.26. The molecule has 0 fully saturated rings. The van der Waals surface area contributed by atoms with Crippen LogP contribution in [0.25, 0.3) is 6.08 Å². The summed E-state index contributed by atoms with van der Waals surface area (Å²) in [6.45, 7) is -0.0143. The third-order valence-corrected chi connectivity index (χ3v) is 4.36. The highest BCUT2D eigenvalue weighted by Gasteiger charge is 2.23. The molecule has 4 N–H and O–H groups in total. The molecule has 29 heavy (non-hydrogen) atoms. The Morgan fingerprint density at radius 2 is 1.97 bits per heavy atom. The smallest absolute Gasteiger partial charge is 0.329 e. The standard InChI is InChI=1S/C19H19Cl2N3O5/c1-28-19(27)15(9-22)24-18(26)17-13(20)7-11(8-14(17)21)10-23-16(25)5-4-12-3-2-6-29-12/h2-8,15H,9-10,22H2,1H3,(H,23,25)(H,24,26)/b5-4+. The molecule has 1 atom stereocenters. The molecule has 2 aromatic rings. The van der Waals surface area contributed by atoms with Gasteiger partial charge >= 0.3 is 5.97 Å². The van der Waals surface area contributed by atoms with E-state index >= 15 is 0 Å². The van der Waals surface area contributed by atoms with Crippen LogP contribution in [0.2, 0.25) is 10.0 Å². The SMILES string of the molecule is COC(=O)C(CN)NC(=O)c1c(Cl)cc(CNC(=O)/C=C/c2ccco2)cc1Cl. The molecule has 0 spiro atoms. The van der Waals surface area contributed by atoms with Crippen LogP contribution in [-0.2, 0) is 20.9 Å². The number of carbonyl (C=O) groups is 3. The zero-order chi connectivity index (χ0) is 21.4. The lowest BCUT2D eigenvalue weighted by Crippen LogP contribution is -2.46. The molecule has 0 saturated heterocycles. The first kappa shape index (κ1) is 22.5. The molecule has 154 valence electrons. The zero-order valence-corrected chi connectivity index (χ0v) is 16.9. The van der Waals surface area contributed by atoms with Gasteiger partial charge in [-0.25, -0.2) is 4.79 Å². The number of benzene rings is 1. The second-order valence-corrected chi connectivity index (χ2v) is 6.60. The number of esters is 1. The summed E-state index contributed by atoms with van der Waals surface area (Å²) in [5.74, 6) is -1.16. The van der Waals surface area contributed by atoms with Crippen molar-refractivity contribution in [1.82, 2.24) is 10.6 Å². The predicted molar refractivity (Wildman–Crippen MR) is 108 cm³/mol. The minimum Gasteiger partial charge on any atom is -0.467 e. The maximum Gasteiger partial charge on any atom is 0.329 e. The highest BCUT2D eigenvalue weighted by atomic mass is 35.5. The van der Waals surface area contributed by atoms with Crippen LogP contribution in [0, 0.1) is 0 Å². The van der Waals surface area contributed by atoms with E-state index in [9.17, 15) is 14.4 Å². The molecule has 10 heteroatoms. The molecule has 0 aliphatic rings. The van der Waals surface area contributed by atoms with Crippen molar-refractivity contribution in [3.8, 4) is 0 Å². The van der Waals surface area contributed by atoms with Crippen molar-refractivity contribution in [2.24, 2.45) is 5.73 Å². The van der Waals surface area contributed by atoms with E-state index in [2.05, 4.69) is 15.4 Å². The first-order chi connectivity index (χ1) is 13.8. The second kappa shape index (κ2) is 10.7. The largest absolute Gasteiger partial charge is 0.467 e. The number of nitrogens with one attached hydrogen (secondary N) is 2. The van der Waals surface area contributed by atoms with E-state index in [1.165, 1.54) is 37.7 Å². The molecule has 0 aliphatic heterocycles. The van der Waals surface area contributed by atoms with Gasteiger partial charge in [0.15, 0.2) is 0 Å². The van der Waals surface area contributed by atoms with Crippen LogP contribution in [0.3, 0.4) is 0 Å². The molecule has 1 heterocycles. The van der Waals surface area contributed by atoms with E-state index in [0.717, 1.165) is 0 Å². The second-order valence-electron chi connectivity index (χ2n) is 5.79. The fourth-order valence-corrected chi connectivity index (χ4v) is 3.03. The van der Waals surface area contributed by atoms with Crippen LogP contribution in [0.1, 0.15) is 21.7 Å². The number of furan rings is 1. The maximum absolute atomic E-state index is 12.4. The number of rotatable bonds is 8. The van der Waals surface area contributed by atoms with Crippen molar-refractivity contribution >= 4 is 47.1 Å². The van der Waals surface area contributed by atoms with Crippen molar-refractivity contribution in [2.75, 3.05) is 13.7 Å². The van der Waals surface area contributed by atoms with Gasteiger partial charge in [-0.15, -0.1) is 0 Å². The number of hydrogen-bond acceptors (Lipinski definition) is 6. The van der Waals surface area contributed by atoms with Gasteiger partial charge in [0.05, 0.1) is 29.0 Å². The molecule has 0 aliphatic carbocycles. The Balaban J connectivity index is 2.03. The maximum atomic E-state index is 12.4. The van der Waals surface area contributed by atoms with Gasteiger partial charge in [0.25, 0.3) is 5.91 Å². The molecule has 1 unspecified atom stereocenters. The number of nitrogens with two attached hydrogens (primary N) is 1. The molecule has 0 saturated carbocycles. The Morgan fingerprint density at radius 1 is 1.28 bits per heavy atom. The highest BCUT2D eigenvalue weighted by molar-refractivity contribution is 6.39. The zero-order valence-electron chi connectivity index (χ0n) is 15.4. The first-order valence-corrected chi connectivity index (χ1v) is 9.17. The normalized spacial score (nSPS) is 11.9. The Bertz CT molecular complexity index is 890. The van der Waals surface area contributed by atoms with Gasteiger partial charge in [-0.1, -0.05) is 23.2 Å². The number of amides is 2. The van der Waals surface area contributed by atoms with Gasteiger partial charge < -0.3 is 25.5 Å². The predicted octanol–water partition coefficient (Wildman–Crippen LogP) is 2.15. The minimum absolute atomic E-state index is 0.0107. The monoisotopic (exact) mass is 439 g/mol. The van der Waals surface area contributed by atoms with E-state index in [1.807, 2.05) is 0 Å². The summed E-state index contributed by atoms with van der Waals surface area (Å²) in [6, 6.07) is 5.38. The summed E-state index contributed by atoms with van der Waals surface area (Å²) >= 11 is 12.4. The van der Waals surface area contributed by atoms with Crippen LogP contribution >= 0.6 is 23.2 Å². The van der Waals surface area contributed by atoms with Crippen LogP contribution in [-0.4, -0.2) is 37.5 Å². The number of hydrogen-bond donors (Lipinski definition) is 3. The fraction of sp³-hybridized carbons (Fsp3) is 0.211. The van der Waals surface area contributed by atoms with Crippen molar-refractivity contribution in [3.63, 3.8) is 0 Å². The molecule has 2 amide bonds. The lowest BCUT2D eigenvalue weighted by Gasteiger charge is -2.16. The molecule has 0 bridgehead atoms. The third-order valence-electron chi connectivity index (χ3n) is 3.76. The van der Waals surface area contributed by atoms with Crippen molar-refractivity contribution < 1.29 is 23.5 Å². The van der Waals surface area contributed by atoms with Crippen LogP contribution in [0.4, 0.5) is 0 Å². The van der Waals surface area contributed by atoms with Gasteiger partial charge in [0.1, 0.15) is 11.8 Å². The Hall–Kier alpha value is -2.81. The lowest BCUT2D eigenvalue weighted by molar-refractivity contribution is -0.142. The number of carbonyl (C=O) groups excluding carboxylic acids is 3. The third kappa shape index (κ3) is 6.35. The number of halogens is 2. The topological polar surface area (TPSA) is 124 Å². The summed E-state index contributed by atoms with van der Waals surface area (Å²) in [5.41, 5.74) is 6.04. The molecule has 2 rings (SSSR count). The van der Waals surface area contributed by atoms with Gasteiger partial charge in [-0.05, 0) is 35.9 Å². The Morgan fingerprint density at radius 3 is 2.52 bits per heavy atom. The van der Waals surface area contributed by atoms with E-state index < -0.39 is 17.9 Å². The van der Waals surface area contributed by atoms with Crippen LogP contribution in [0.5, 0.6) is 0 Å². The summed E-state index contributed by atoms with van der Waals surface area (Å²) in [5, 5.41) is 5.21. The van der Waals surface area contributed by atoms with Gasteiger partial charge in [-0.2, -0.15) is 0 Å². The average Bonchev–Trinajstić information content (AvgIpc) is 3.21. The molecule has 1 aromatic carbocycles. The van der Waals surface area contributed by atoms with E-state index in [1.54, 1.807) is 12.1 Å². The van der Waals surface area contributed by atoms with Crippen molar-refractivity contribution in [1.29, 1.82) is 0 Å². The highest BCUT2D eigenvalue weighted by Crippen LogP contribution is 2.27. The molecule has 1 aromatic heterocycles. The lowest BCUT2D eigenvalue weighted by atomic mass is 10.1. The van der Waals surface area contributed by atoms with Crippen molar-refractivity contribution in [3.05, 3.63) is 63.5 Å². The van der Waals surface area contributed by atoms with Crippen LogP contribution < -0.4 is 16.4 Å². The summed E-state index contributed by atoms with van der Waals surface area (Å²) in [4.78, 5) is 35.9. The van der Waals surface area contributed by atoms with Crippen LogP contribution in [0.15, 0.2) is 41.0 Å². The molecular weight excluding hydrogens is 421 g/mol. The fourth-order valence-electron chi connectivity index (χ4n) is 2.32. The van der Waals surface area contributed by atoms with E-state index in [-0.39, 0.29) is 34.6 Å². The molecule has 8 nitrogen and oxygen atoms in total. The summed E-state index contributed by atoms with van der Waals surface area (Å²) in [6.07, 6.45) is 4.35. The van der Waals surface area contributed by atoms with Crippen molar-refractivity contribution in [2.45, 2.75) is 12.6 Å². The summed E-state index contributed by atoms with van der Waals surface area (Å²) < 4.78 is 9.66. The quantitative estimate of drug-likeness (QED) is 0.427. The van der Waals surface area contributed by atoms with Gasteiger partial charge in [0.2, 0.25) is 5.91 Å². The number of methoxy groups -OCH3 is 1. The minimum atomic E-state index is -1.03. The number of ether oxygens (including phenoxy) is 1. The average molecular weight is 440 g/mol. The molecule has 0 radical (unpaired) electrons. The van der Waals surface area contributed by atoms with E-state index in [0.29, 0.717) is 11.3 Å². The van der Waals surface area contributed by atoms with Gasteiger partial charge in [-0.3, -0.25) is 9.59 Å². The molecular formula is C19H19Cl2N3O5. The van der Waals surface area contributed by atoms with E-state index in [4.69, 9.17) is 33.4 Å². The Labute approximate surface area is 177 Å².